The highest BCUT2D eigenvalue weighted by atomic mass is 79.9. The summed E-state index contributed by atoms with van der Waals surface area (Å²) in [7, 11) is 0. The number of halogens is 1. The van der Waals surface area contributed by atoms with Crippen molar-refractivity contribution in [3.05, 3.63) is 29.3 Å². The van der Waals surface area contributed by atoms with Crippen molar-refractivity contribution in [2.45, 2.75) is 25.1 Å². The lowest BCUT2D eigenvalue weighted by molar-refractivity contribution is -0.115. The Morgan fingerprint density at radius 1 is 1.47 bits per heavy atom. The lowest BCUT2D eigenvalue weighted by Gasteiger charge is -2.11. The second-order valence-electron chi connectivity index (χ2n) is 3.70. The van der Waals surface area contributed by atoms with Gasteiger partial charge in [-0.15, -0.1) is 0 Å². The van der Waals surface area contributed by atoms with Crippen LogP contribution in [-0.4, -0.2) is 21.8 Å². The van der Waals surface area contributed by atoms with Crippen molar-refractivity contribution >= 4 is 33.5 Å². The molecule has 1 aromatic carbocycles. The van der Waals surface area contributed by atoms with Crippen LogP contribution in [-0.2, 0) is 4.79 Å². The molecule has 0 fully saturated rings. The molecule has 0 spiro atoms. The first-order chi connectivity index (χ1) is 7.95. The summed E-state index contributed by atoms with van der Waals surface area (Å²) in [5.41, 5.74) is 1.53. The number of carboxylic acid groups (broad SMARTS) is 1. The zero-order chi connectivity index (χ0) is 13.0. The van der Waals surface area contributed by atoms with Crippen molar-refractivity contribution in [1.29, 1.82) is 0 Å². The Kier molecular flexibility index (Phi) is 4.69. The first-order valence-electron chi connectivity index (χ1n) is 5.24. The Hall–Kier alpha value is -1.36. The smallest absolute Gasteiger partial charge is 0.335 e. The zero-order valence-electron chi connectivity index (χ0n) is 9.66. The number of carbonyl (C=O) groups is 2. The lowest BCUT2D eigenvalue weighted by atomic mass is 10.1. The molecule has 0 aliphatic heterocycles. The van der Waals surface area contributed by atoms with E-state index >= 15 is 0 Å². The molecule has 17 heavy (non-hydrogen) atoms. The maximum Gasteiger partial charge on any atom is 0.335 e. The van der Waals surface area contributed by atoms with Gasteiger partial charge in [-0.25, -0.2) is 4.79 Å². The zero-order valence-corrected chi connectivity index (χ0v) is 11.2. The molecule has 0 aromatic heterocycles. The van der Waals surface area contributed by atoms with Crippen molar-refractivity contribution in [2.24, 2.45) is 0 Å². The summed E-state index contributed by atoms with van der Waals surface area (Å²) in [5, 5.41) is 11.6. The minimum absolute atomic E-state index is 0.161. The molecule has 0 heterocycles. The molecule has 0 saturated carbocycles. The van der Waals surface area contributed by atoms with Gasteiger partial charge in [-0.1, -0.05) is 28.9 Å². The van der Waals surface area contributed by atoms with E-state index in [0.717, 1.165) is 5.56 Å². The molecule has 0 saturated heterocycles. The molecule has 1 unspecified atom stereocenters. The summed E-state index contributed by atoms with van der Waals surface area (Å²) in [6, 6.07) is 4.65. The number of carbonyl (C=O) groups excluding carboxylic acids is 1. The van der Waals surface area contributed by atoms with Crippen LogP contribution < -0.4 is 5.32 Å². The van der Waals surface area contributed by atoms with E-state index in [-0.39, 0.29) is 16.3 Å². The summed E-state index contributed by atoms with van der Waals surface area (Å²) < 4.78 is 0. The summed E-state index contributed by atoms with van der Waals surface area (Å²) in [6.45, 7) is 3.70. The van der Waals surface area contributed by atoms with Crippen LogP contribution in [0.15, 0.2) is 18.2 Å². The molecular weight excluding hydrogens is 286 g/mol. The van der Waals surface area contributed by atoms with E-state index in [9.17, 15) is 9.59 Å². The number of aryl methyl sites for hydroxylation is 1. The highest BCUT2D eigenvalue weighted by Gasteiger charge is 2.14. The molecule has 5 heteroatoms. The number of nitrogens with one attached hydrogen (secondary N) is 1. The number of hydrogen-bond donors (Lipinski definition) is 2. The van der Waals surface area contributed by atoms with E-state index in [2.05, 4.69) is 21.2 Å². The fraction of sp³-hybridized carbons (Fsp3) is 0.333. The molecular formula is C12H14BrNO3. The minimum Gasteiger partial charge on any atom is -0.478 e. The van der Waals surface area contributed by atoms with E-state index in [1.54, 1.807) is 6.07 Å². The second-order valence-corrected chi connectivity index (χ2v) is 4.81. The summed E-state index contributed by atoms with van der Waals surface area (Å²) >= 11 is 3.24. The van der Waals surface area contributed by atoms with Crippen molar-refractivity contribution in [3.8, 4) is 0 Å². The van der Waals surface area contributed by atoms with Gasteiger partial charge in [-0.2, -0.15) is 0 Å². The van der Waals surface area contributed by atoms with Gasteiger partial charge in [0.2, 0.25) is 5.91 Å². The van der Waals surface area contributed by atoms with Crippen LogP contribution in [0.3, 0.4) is 0 Å². The van der Waals surface area contributed by atoms with Crippen molar-refractivity contribution in [2.75, 3.05) is 5.32 Å². The Labute approximate surface area is 108 Å². The quantitative estimate of drug-likeness (QED) is 0.840. The lowest BCUT2D eigenvalue weighted by Crippen LogP contribution is -2.22. The number of carboxylic acids is 1. The van der Waals surface area contributed by atoms with E-state index < -0.39 is 5.97 Å². The third kappa shape index (κ3) is 3.56. The number of aromatic carboxylic acids is 1. The van der Waals surface area contributed by atoms with Gasteiger partial charge < -0.3 is 10.4 Å². The molecule has 92 valence electrons. The Balaban J connectivity index is 2.94. The molecule has 1 rings (SSSR count). The standard InChI is InChI=1S/C12H14BrNO3/c1-3-9(13)11(15)14-10-6-8(12(16)17)5-4-7(10)2/h4-6,9H,3H2,1-2H3,(H,14,15)(H,16,17). The average molecular weight is 300 g/mol. The summed E-state index contributed by atoms with van der Waals surface area (Å²) in [5.74, 6) is -1.18. The van der Waals surface area contributed by atoms with Gasteiger partial charge in [0, 0.05) is 5.69 Å². The molecule has 4 nitrogen and oxygen atoms in total. The van der Waals surface area contributed by atoms with Crippen LogP contribution in [0, 0.1) is 6.92 Å². The maximum absolute atomic E-state index is 11.7. The normalized spacial score (nSPS) is 11.9. The Bertz CT molecular complexity index is 445. The van der Waals surface area contributed by atoms with Crippen LogP contribution in [0.4, 0.5) is 5.69 Å². The molecule has 0 aliphatic carbocycles. The molecule has 2 N–H and O–H groups in total. The Morgan fingerprint density at radius 2 is 2.12 bits per heavy atom. The number of benzene rings is 1. The van der Waals surface area contributed by atoms with Crippen LogP contribution in [0.25, 0.3) is 0 Å². The van der Waals surface area contributed by atoms with Gasteiger partial charge in [0.15, 0.2) is 0 Å². The third-order valence-corrected chi connectivity index (χ3v) is 3.45. The molecule has 0 aliphatic rings. The van der Waals surface area contributed by atoms with Gasteiger partial charge in [0.05, 0.1) is 10.4 Å². The number of rotatable bonds is 4. The highest BCUT2D eigenvalue weighted by Crippen LogP contribution is 2.18. The topological polar surface area (TPSA) is 66.4 Å². The third-order valence-electron chi connectivity index (χ3n) is 2.39. The first kappa shape index (κ1) is 13.7. The first-order valence-corrected chi connectivity index (χ1v) is 6.16. The fourth-order valence-corrected chi connectivity index (χ4v) is 1.40. The summed E-state index contributed by atoms with van der Waals surface area (Å²) in [4.78, 5) is 22.2. The number of amides is 1. The van der Waals surface area contributed by atoms with Crippen molar-refractivity contribution < 1.29 is 14.7 Å². The average Bonchev–Trinajstić information content (AvgIpc) is 2.30. The van der Waals surface area contributed by atoms with Gasteiger partial charge >= 0.3 is 5.97 Å². The van der Waals surface area contributed by atoms with E-state index in [4.69, 9.17) is 5.11 Å². The second kappa shape index (κ2) is 5.82. The molecule has 0 radical (unpaired) electrons. The van der Waals surface area contributed by atoms with Crippen molar-refractivity contribution in [1.82, 2.24) is 0 Å². The summed E-state index contributed by atoms with van der Waals surface area (Å²) in [6.07, 6.45) is 0.670. The molecule has 0 bridgehead atoms. The van der Waals surface area contributed by atoms with Crippen molar-refractivity contribution in [3.63, 3.8) is 0 Å². The number of anilines is 1. The van der Waals surface area contributed by atoms with Gasteiger partial charge in [-0.05, 0) is 31.0 Å². The number of hydrogen-bond acceptors (Lipinski definition) is 2. The van der Waals surface area contributed by atoms with E-state index in [0.29, 0.717) is 12.1 Å². The van der Waals surface area contributed by atoms with Crippen LogP contribution >= 0.6 is 15.9 Å². The highest BCUT2D eigenvalue weighted by molar-refractivity contribution is 9.10. The molecule has 1 amide bonds. The van der Waals surface area contributed by atoms with E-state index in [1.807, 2.05) is 13.8 Å². The monoisotopic (exact) mass is 299 g/mol. The predicted octanol–water partition coefficient (Wildman–Crippen LogP) is 2.81. The number of alkyl halides is 1. The minimum atomic E-state index is -1.01. The SMILES string of the molecule is CCC(Br)C(=O)Nc1cc(C(=O)O)ccc1C. The Morgan fingerprint density at radius 3 is 2.65 bits per heavy atom. The largest absolute Gasteiger partial charge is 0.478 e. The van der Waals surface area contributed by atoms with Gasteiger partial charge in [0.1, 0.15) is 0 Å². The predicted molar refractivity (Wildman–Crippen MR) is 69.8 cm³/mol. The molecule has 1 atom stereocenters. The molecule has 1 aromatic rings. The van der Waals surface area contributed by atoms with Crippen LogP contribution in [0.5, 0.6) is 0 Å². The van der Waals surface area contributed by atoms with Gasteiger partial charge in [0.25, 0.3) is 0 Å². The van der Waals surface area contributed by atoms with Crippen LogP contribution in [0.2, 0.25) is 0 Å². The van der Waals surface area contributed by atoms with Crippen LogP contribution in [0.1, 0.15) is 29.3 Å². The maximum atomic E-state index is 11.7. The van der Waals surface area contributed by atoms with Gasteiger partial charge in [-0.3, -0.25) is 4.79 Å². The fourth-order valence-electron chi connectivity index (χ4n) is 1.29. The van der Waals surface area contributed by atoms with E-state index in [1.165, 1.54) is 12.1 Å².